The van der Waals surface area contributed by atoms with Crippen LogP contribution < -0.4 is 0 Å². The van der Waals surface area contributed by atoms with Gasteiger partial charge in [0, 0.05) is 39.3 Å². The highest BCUT2D eigenvalue weighted by Gasteiger charge is 2.30. The van der Waals surface area contributed by atoms with Gasteiger partial charge >= 0.3 is 0 Å². The lowest BCUT2D eigenvalue weighted by atomic mass is 10.0. The number of sulfonamides is 1. The van der Waals surface area contributed by atoms with Gasteiger partial charge in [0.25, 0.3) is 0 Å². The monoisotopic (exact) mass is 380 g/mol. The summed E-state index contributed by atoms with van der Waals surface area (Å²) in [6.07, 6.45) is 2.87. The second kappa shape index (κ2) is 8.83. The van der Waals surface area contributed by atoms with Crippen LogP contribution >= 0.6 is 0 Å². The van der Waals surface area contributed by atoms with Gasteiger partial charge in [-0.15, -0.1) is 0 Å². The molecule has 0 bridgehead atoms. The summed E-state index contributed by atoms with van der Waals surface area (Å²) in [6.45, 7) is 8.73. The van der Waals surface area contributed by atoms with Crippen LogP contribution in [-0.2, 0) is 21.3 Å². The summed E-state index contributed by atoms with van der Waals surface area (Å²) in [6, 6.07) is 8.79. The number of rotatable bonds is 6. The minimum Gasteiger partial charge on any atom is -0.377 e. The van der Waals surface area contributed by atoms with Gasteiger partial charge in [0.2, 0.25) is 10.0 Å². The molecule has 3 rings (SSSR count). The van der Waals surface area contributed by atoms with Crippen molar-refractivity contribution in [1.82, 2.24) is 9.21 Å². The molecule has 0 N–H and O–H groups in total. The van der Waals surface area contributed by atoms with Crippen molar-refractivity contribution >= 4 is 10.0 Å². The molecule has 6 heteroatoms. The normalized spacial score (nSPS) is 23.4. The van der Waals surface area contributed by atoms with Crippen molar-refractivity contribution in [3.63, 3.8) is 0 Å². The van der Waals surface area contributed by atoms with Crippen molar-refractivity contribution in [3.8, 4) is 0 Å². The third-order valence-corrected chi connectivity index (χ3v) is 7.39. The topological polar surface area (TPSA) is 49.9 Å². The molecule has 0 aliphatic carbocycles. The first-order chi connectivity index (χ1) is 12.4. The zero-order valence-electron chi connectivity index (χ0n) is 16.1. The zero-order valence-corrected chi connectivity index (χ0v) is 16.9. The SMILES string of the molecule is CC(C)c1ccc(CN2CCN(S(=O)(=O)CC3CCCCO3)CC2)cc1. The van der Waals surface area contributed by atoms with Gasteiger partial charge < -0.3 is 4.74 Å². The Morgan fingerprint density at radius 1 is 1.08 bits per heavy atom. The molecule has 1 aromatic rings. The van der Waals surface area contributed by atoms with Gasteiger partial charge in [0.1, 0.15) is 0 Å². The van der Waals surface area contributed by atoms with Gasteiger partial charge in [-0.25, -0.2) is 8.42 Å². The van der Waals surface area contributed by atoms with Crippen molar-refractivity contribution in [1.29, 1.82) is 0 Å². The molecule has 0 spiro atoms. The molecule has 0 radical (unpaired) electrons. The Hall–Kier alpha value is -0.950. The number of ether oxygens (including phenoxy) is 1. The Bertz CT molecular complexity index is 659. The molecule has 146 valence electrons. The zero-order chi connectivity index (χ0) is 18.6. The second-order valence-corrected chi connectivity index (χ2v) is 9.85. The van der Waals surface area contributed by atoms with Crippen LogP contribution in [0.25, 0.3) is 0 Å². The molecule has 2 heterocycles. The summed E-state index contributed by atoms with van der Waals surface area (Å²) >= 11 is 0. The van der Waals surface area contributed by atoms with Crippen LogP contribution in [0.1, 0.15) is 50.2 Å². The fraction of sp³-hybridized carbons (Fsp3) is 0.700. The summed E-state index contributed by atoms with van der Waals surface area (Å²) in [7, 11) is -3.21. The summed E-state index contributed by atoms with van der Waals surface area (Å²) in [4.78, 5) is 2.34. The van der Waals surface area contributed by atoms with Crippen LogP contribution in [0, 0.1) is 0 Å². The lowest BCUT2D eigenvalue weighted by molar-refractivity contribution is 0.0296. The van der Waals surface area contributed by atoms with E-state index in [1.54, 1.807) is 4.31 Å². The number of benzene rings is 1. The maximum absolute atomic E-state index is 12.6. The standard InChI is InChI=1S/C20H32N2O3S/c1-17(2)19-8-6-18(7-9-19)15-21-10-12-22(13-11-21)26(23,24)16-20-5-3-4-14-25-20/h6-9,17,20H,3-5,10-16H2,1-2H3. The molecular formula is C20H32N2O3S. The molecule has 1 aromatic carbocycles. The predicted octanol–water partition coefficient (Wildman–Crippen LogP) is 2.83. The van der Waals surface area contributed by atoms with E-state index in [2.05, 4.69) is 43.0 Å². The summed E-state index contributed by atoms with van der Waals surface area (Å²) < 4.78 is 32.6. The molecule has 2 aliphatic heterocycles. The van der Waals surface area contributed by atoms with Crippen LogP contribution in [0.15, 0.2) is 24.3 Å². The molecule has 2 saturated heterocycles. The fourth-order valence-corrected chi connectivity index (χ4v) is 5.37. The van der Waals surface area contributed by atoms with Crippen molar-refractivity contribution in [3.05, 3.63) is 35.4 Å². The Morgan fingerprint density at radius 3 is 2.35 bits per heavy atom. The summed E-state index contributed by atoms with van der Waals surface area (Å²) in [5.41, 5.74) is 2.65. The van der Waals surface area contributed by atoms with E-state index in [4.69, 9.17) is 4.74 Å². The molecule has 26 heavy (non-hydrogen) atoms. The van der Waals surface area contributed by atoms with Gasteiger partial charge in [-0.2, -0.15) is 4.31 Å². The maximum Gasteiger partial charge on any atom is 0.216 e. The van der Waals surface area contributed by atoms with E-state index in [0.29, 0.717) is 25.6 Å². The average molecular weight is 381 g/mol. The number of hydrogen-bond acceptors (Lipinski definition) is 4. The number of piperazine rings is 1. The van der Waals surface area contributed by atoms with Gasteiger partial charge in [-0.1, -0.05) is 38.1 Å². The number of hydrogen-bond donors (Lipinski definition) is 0. The first kappa shape index (κ1) is 19.8. The van der Waals surface area contributed by atoms with Crippen molar-refractivity contribution in [2.24, 2.45) is 0 Å². The van der Waals surface area contributed by atoms with Gasteiger partial charge in [0.15, 0.2) is 0 Å². The highest BCUT2D eigenvalue weighted by molar-refractivity contribution is 7.89. The van der Waals surface area contributed by atoms with Crippen LogP contribution in [-0.4, -0.2) is 62.3 Å². The lowest BCUT2D eigenvalue weighted by Gasteiger charge is -2.35. The van der Waals surface area contributed by atoms with E-state index in [9.17, 15) is 8.42 Å². The van der Waals surface area contributed by atoms with E-state index in [0.717, 1.165) is 38.9 Å². The van der Waals surface area contributed by atoms with E-state index in [1.165, 1.54) is 11.1 Å². The molecular weight excluding hydrogens is 348 g/mol. The Morgan fingerprint density at radius 2 is 1.77 bits per heavy atom. The largest absolute Gasteiger partial charge is 0.377 e. The van der Waals surface area contributed by atoms with Gasteiger partial charge in [-0.3, -0.25) is 4.90 Å². The highest BCUT2D eigenvalue weighted by atomic mass is 32.2. The van der Waals surface area contributed by atoms with E-state index in [1.807, 2.05) is 0 Å². The van der Waals surface area contributed by atoms with E-state index < -0.39 is 10.0 Å². The lowest BCUT2D eigenvalue weighted by Crippen LogP contribution is -2.50. The molecule has 0 amide bonds. The van der Waals surface area contributed by atoms with Crippen LogP contribution in [0.2, 0.25) is 0 Å². The molecule has 0 saturated carbocycles. The Labute approximate surface area is 158 Å². The smallest absolute Gasteiger partial charge is 0.216 e. The predicted molar refractivity (Wildman–Crippen MR) is 105 cm³/mol. The van der Waals surface area contributed by atoms with E-state index in [-0.39, 0.29) is 11.9 Å². The minimum absolute atomic E-state index is 0.119. The fourth-order valence-electron chi connectivity index (χ4n) is 3.71. The highest BCUT2D eigenvalue weighted by Crippen LogP contribution is 2.19. The van der Waals surface area contributed by atoms with Crippen LogP contribution in [0.3, 0.4) is 0 Å². The second-order valence-electron chi connectivity index (χ2n) is 7.84. The molecule has 2 fully saturated rings. The minimum atomic E-state index is -3.21. The first-order valence-electron chi connectivity index (χ1n) is 9.84. The van der Waals surface area contributed by atoms with Crippen molar-refractivity contribution < 1.29 is 13.2 Å². The Kier molecular flexibility index (Phi) is 6.72. The molecule has 2 aliphatic rings. The summed E-state index contributed by atoms with van der Waals surface area (Å²) in [5.74, 6) is 0.690. The molecule has 5 nitrogen and oxygen atoms in total. The first-order valence-corrected chi connectivity index (χ1v) is 11.5. The van der Waals surface area contributed by atoms with E-state index >= 15 is 0 Å². The van der Waals surface area contributed by atoms with Gasteiger partial charge in [-0.05, 0) is 36.3 Å². The number of nitrogens with zero attached hydrogens (tertiary/aromatic N) is 2. The molecule has 1 atom stereocenters. The Balaban J connectivity index is 1.48. The van der Waals surface area contributed by atoms with Crippen LogP contribution in [0.5, 0.6) is 0 Å². The van der Waals surface area contributed by atoms with Gasteiger partial charge in [0.05, 0.1) is 11.9 Å². The summed E-state index contributed by atoms with van der Waals surface area (Å²) in [5, 5.41) is 0. The molecule has 0 aromatic heterocycles. The third-order valence-electron chi connectivity index (χ3n) is 5.45. The quantitative estimate of drug-likeness (QED) is 0.761. The maximum atomic E-state index is 12.6. The van der Waals surface area contributed by atoms with Crippen molar-refractivity contribution in [2.75, 3.05) is 38.5 Å². The molecule has 1 unspecified atom stereocenters. The van der Waals surface area contributed by atoms with Crippen LogP contribution in [0.4, 0.5) is 0 Å². The average Bonchev–Trinajstić information content (AvgIpc) is 2.63. The van der Waals surface area contributed by atoms with Crippen molar-refractivity contribution in [2.45, 2.75) is 51.7 Å². The third kappa shape index (κ3) is 5.28.